The number of alkyl halides is 3. The molecule has 1 aliphatic rings. The van der Waals surface area contributed by atoms with Gasteiger partial charge in [0.1, 0.15) is 5.69 Å². The molecule has 138 valence electrons. The molecule has 0 spiro atoms. The molecule has 2 rings (SSSR count). The SMILES string of the molecule is CCOC(=O)C1CCN(C(=O)CSc2nccc(C(F)(F)F)n2)CC1. The lowest BCUT2D eigenvalue weighted by molar-refractivity contribution is -0.151. The molecule has 0 saturated carbocycles. The van der Waals surface area contributed by atoms with Crippen LogP contribution in [0.4, 0.5) is 13.2 Å². The van der Waals surface area contributed by atoms with Gasteiger partial charge in [0.05, 0.1) is 18.3 Å². The molecular weight excluding hydrogens is 359 g/mol. The first-order chi connectivity index (χ1) is 11.8. The molecule has 1 aliphatic heterocycles. The van der Waals surface area contributed by atoms with Gasteiger partial charge in [0.2, 0.25) is 5.91 Å². The number of likely N-dealkylation sites (tertiary alicyclic amines) is 1. The quantitative estimate of drug-likeness (QED) is 0.446. The number of carbonyl (C=O) groups excluding carboxylic acids is 2. The topological polar surface area (TPSA) is 72.4 Å². The summed E-state index contributed by atoms with van der Waals surface area (Å²) >= 11 is 0.863. The van der Waals surface area contributed by atoms with E-state index in [1.165, 1.54) is 0 Å². The van der Waals surface area contributed by atoms with Crippen molar-refractivity contribution < 1.29 is 27.5 Å². The average molecular weight is 377 g/mol. The van der Waals surface area contributed by atoms with Crippen molar-refractivity contribution in [3.05, 3.63) is 18.0 Å². The van der Waals surface area contributed by atoms with Gasteiger partial charge in [0.15, 0.2) is 5.16 Å². The standard InChI is InChI=1S/C15H18F3N3O3S/c1-2-24-13(23)10-4-7-21(8-5-10)12(22)9-25-14-19-6-3-11(20-14)15(16,17)18/h3,6,10H,2,4-5,7-9H2,1H3. The molecule has 0 aromatic carbocycles. The number of ether oxygens (including phenoxy) is 1. The van der Waals surface area contributed by atoms with Crippen LogP contribution in [0, 0.1) is 5.92 Å². The minimum atomic E-state index is -4.54. The second kappa shape index (κ2) is 8.50. The van der Waals surface area contributed by atoms with Gasteiger partial charge in [-0.3, -0.25) is 9.59 Å². The van der Waals surface area contributed by atoms with Crippen LogP contribution in [-0.4, -0.2) is 52.2 Å². The first kappa shape index (κ1) is 19.5. The van der Waals surface area contributed by atoms with Gasteiger partial charge in [-0.15, -0.1) is 0 Å². The van der Waals surface area contributed by atoms with E-state index in [4.69, 9.17) is 4.74 Å². The molecule has 1 amide bonds. The molecule has 1 aromatic heterocycles. The van der Waals surface area contributed by atoms with Crippen LogP contribution in [-0.2, 0) is 20.5 Å². The van der Waals surface area contributed by atoms with E-state index >= 15 is 0 Å². The molecule has 0 N–H and O–H groups in total. The molecule has 2 heterocycles. The molecule has 1 fully saturated rings. The van der Waals surface area contributed by atoms with Crippen LogP contribution in [0.25, 0.3) is 0 Å². The Bertz CT molecular complexity index is 620. The normalized spacial score (nSPS) is 15.9. The first-order valence-electron chi connectivity index (χ1n) is 7.78. The van der Waals surface area contributed by atoms with Crippen LogP contribution < -0.4 is 0 Å². The number of aromatic nitrogens is 2. The van der Waals surface area contributed by atoms with Crippen molar-refractivity contribution >= 4 is 23.6 Å². The number of thioether (sulfide) groups is 1. The predicted molar refractivity (Wildman–Crippen MR) is 83.7 cm³/mol. The Hall–Kier alpha value is -1.84. The lowest BCUT2D eigenvalue weighted by Gasteiger charge is -2.30. The lowest BCUT2D eigenvalue weighted by Crippen LogP contribution is -2.41. The van der Waals surface area contributed by atoms with E-state index in [0.717, 1.165) is 24.0 Å². The molecule has 10 heteroatoms. The number of esters is 1. The second-order valence-electron chi connectivity index (χ2n) is 5.42. The molecule has 6 nitrogen and oxygen atoms in total. The van der Waals surface area contributed by atoms with Gasteiger partial charge in [-0.05, 0) is 25.8 Å². The van der Waals surface area contributed by atoms with E-state index in [1.807, 2.05) is 0 Å². The highest BCUT2D eigenvalue weighted by molar-refractivity contribution is 7.99. The molecule has 0 bridgehead atoms. The third-order valence-electron chi connectivity index (χ3n) is 3.72. The van der Waals surface area contributed by atoms with E-state index in [9.17, 15) is 22.8 Å². The van der Waals surface area contributed by atoms with Crippen molar-refractivity contribution in [2.45, 2.75) is 31.1 Å². The van der Waals surface area contributed by atoms with E-state index in [2.05, 4.69) is 9.97 Å². The van der Waals surface area contributed by atoms with Gasteiger partial charge in [0, 0.05) is 19.3 Å². The summed E-state index contributed by atoms with van der Waals surface area (Å²) in [6.45, 7) is 2.91. The van der Waals surface area contributed by atoms with Crippen molar-refractivity contribution in [1.82, 2.24) is 14.9 Å². The molecule has 1 saturated heterocycles. The van der Waals surface area contributed by atoms with Gasteiger partial charge in [-0.2, -0.15) is 13.2 Å². The Morgan fingerprint density at radius 2 is 2.04 bits per heavy atom. The fourth-order valence-electron chi connectivity index (χ4n) is 2.41. The van der Waals surface area contributed by atoms with Crippen molar-refractivity contribution in [2.75, 3.05) is 25.4 Å². The molecule has 25 heavy (non-hydrogen) atoms. The third-order valence-corrected chi connectivity index (χ3v) is 4.56. The van der Waals surface area contributed by atoms with Crippen LogP contribution in [0.3, 0.4) is 0 Å². The largest absolute Gasteiger partial charge is 0.466 e. The summed E-state index contributed by atoms with van der Waals surface area (Å²) in [6, 6.07) is 0.784. The summed E-state index contributed by atoms with van der Waals surface area (Å²) in [5.41, 5.74) is -1.03. The summed E-state index contributed by atoms with van der Waals surface area (Å²) < 4.78 is 42.8. The number of nitrogens with zero attached hydrogens (tertiary/aromatic N) is 3. The summed E-state index contributed by atoms with van der Waals surface area (Å²) in [5, 5.41) is -0.0930. The van der Waals surface area contributed by atoms with E-state index in [1.54, 1.807) is 11.8 Å². The maximum Gasteiger partial charge on any atom is 0.433 e. The first-order valence-corrected chi connectivity index (χ1v) is 8.77. The Morgan fingerprint density at radius 1 is 1.36 bits per heavy atom. The molecule has 0 radical (unpaired) electrons. The Morgan fingerprint density at radius 3 is 2.64 bits per heavy atom. The molecular formula is C15H18F3N3O3S. The van der Waals surface area contributed by atoms with Crippen LogP contribution in [0.1, 0.15) is 25.5 Å². The number of hydrogen-bond acceptors (Lipinski definition) is 6. The van der Waals surface area contributed by atoms with Crippen molar-refractivity contribution in [3.8, 4) is 0 Å². The number of piperidine rings is 1. The zero-order valence-electron chi connectivity index (χ0n) is 13.6. The summed E-state index contributed by atoms with van der Waals surface area (Å²) in [5.74, 6) is -0.719. The minimum absolute atomic E-state index is 0.0502. The Kier molecular flexibility index (Phi) is 6.63. The summed E-state index contributed by atoms with van der Waals surface area (Å²) in [6.07, 6.45) is -2.48. The number of halogens is 3. The third kappa shape index (κ3) is 5.58. The summed E-state index contributed by atoms with van der Waals surface area (Å²) in [4.78, 5) is 32.6. The van der Waals surface area contributed by atoms with Crippen LogP contribution in [0.15, 0.2) is 17.4 Å². The van der Waals surface area contributed by atoms with Crippen molar-refractivity contribution in [2.24, 2.45) is 5.92 Å². The maximum absolute atomic E-state index is 12.6. The monoisotopic (exact) mass is 377 g/mol. The van der Waals surface area contributed by atoms with Gasteiger partial charge in [0.25, 0.3) is 0 Å². The zero-order chi connectivity index (χ0) is 18.4. The molecule has 0 atom stereocenters. The zero-order valence-corrected chi connectivity index (χ0v) is 14.4. The van der Waals surface area contributed by atoms with Gasteiger partial charge in [-0.25, -0.2) is 9.97 Å². The van der Waals surface area contributed by atoms with Crippen LogP contribution in [0.2, 0.25) is 0 Å². The van der Waals surface area contributed by atoms with E-state index in [-0.39, 0.29) is 28.7 Å². The van der Waals surface area contributed by atoms with Gasteiger partial charge in [-0.1, -0.05) is 11.8 Å². The van der Waals surface area contributed by atoms with Gasteiger partial charge >= 0.3 is 12.1 Å². The maximum atomic E-state index is 12.6. The highest BCUT2D eigenvalue weighted by Gasteiger charge is 2.33. The number of hydrogen-bond donors (Lipinski definition) is 0. The molecule has 0 unspecified atom stereocenters. The predicted octanol–water partition coefficient (Wildman–Crippen LogP) is 2.39. The Labute approximate surface area is 147 Å². The van der Waals surface area contributed by atoms with Crippen molar-refractivity contribution in [1.29, 1.82) is 0 Å². The fraction of sp³-hybridized carbons (Fsp3) is 0.600. The van der Waals surface area contributed by atoms with E-state index < -0.39 is 11.9 Å². The molecule has 0 aliphatic carbocycles. The minimum Gasteiger partial charge on any atom is -0.466 e. The highest BCUT2D eigenvalue weighted by atomic mass is 32.2. The van der Waals surface area contributed by atoms with Gasteiger partial charge < -0.3 is 9.64 Å². The number of carbonyl (C=O) groups is 2. The van der Waals surface area contributed by atoms with Crippen LogP contribution in [0.5, 0.6) is 0 Å². The fourth-order valence-corrected chi connectivity index (χ4v) is 3.14. The second-order valence-corrected chi connectivity index (χ2v) is 6.36. The smallest absolute Gasteiger partial charge is 0.433 e. The lowest BCUT2D eigenvalue weighted by atomic mass is 9.97. The van der Waals surface area contributed by atoms with E-state index in [0.29, 0.717) is 32.5 Å². The number of rotatable bonds is 5. The summed E-state index contributed by atoms with van der Waals surface area (Å²) in [7, 11) is 0. The number of amides is 1. The molecule has 1 aromatic rings. The van der Waals surface area contributed by atoms with Crippen molar-refractivity contribution in [3.63, 3.8) is 0 Å². The highest BCUT2D eigenvalue weighted by Crippen LogP contribution is 2.28. The average Bonchev–Trinajstić information content (AvgIpc) is 2.59. The van der Waals surface area contributed by atoms with Crippen LogP contribution >= 0.6 is 11.8 Å². The Balaban J connectivity index is 1.83.